The highest BCUT2D eigenvalue weighted by Crippen LogP contribution is 2.12. The molecule has 0 bridgehead atoms. The smallest absolute Gasteiger partial charge is 0.254 e. The highest BCUT2D eigenvalue weighted by atomic mass is 16.5. The first-order valence-electron chi connectivity index (χ1n) is 4.64. The fourth-order valence-corrected chi connectivity index (χ4v) is 1.58. The summed E-state index contributed by atoms with van der Waals surface area (Å²) in [6.07, 6.45) is 2.51. The van der Waals surface area contributed by atoms with Gasteiger partial charge in [-0.3, -0.25) is 4.79 Å². The summed E-state index contributed by atoms with van der Waals surface area (Å²) < 4.78 is 5.55. The third-order valence-electron chi connectivity index (χ3n) is 2.29. The molecule has 0 amide bonds. The lowest BCUT2D eigenvalue weighted by Crippen LogP contribution is -2.22. The lowest BCUT2D eigenvalue weighted by atomic mass is 10.3. The molecular weight excluding hydrogens is 182 g/mol. The van der Waals surface area contributed by atoms with Crippen molar-refractivity contribution < 1.29 is 4.74 Å². The van der Waals surface area contributed by atoms with Gasteiger partial charge in [-0.1, -0.05) is 0 Å². The van der Waals surface area contributed by atoms with E-state index in [1.54, 1.807) is 0 Å². The van der Waals surface area contributed by atoms with Gasteiger partial charge in [0.2, 0.25) is 5.88 Å². The topological polar surface area (TPSA) is 58.2 Å². The molecule has 1 unspecified atom stereocenters. The summed E-state index contributed by atoms with van der Waals surface area (Å²) in [4.78, 5) is 19.5. The molecule has 2 heterocycles. The predicted octanol–water partition coefficient (Wildman–Crippen LogP) is -0.147. The first-order valence-corrected chi connectivity index (χ1v) is 4.64. The molecule has 76 valence electrons. The van der Waals surface area contributed by atoms with Crippen LogP contribution in [0.4, 0.5) is 0 Å². The molecule has 2 rings (SSSR count). The fourth-order valence-electron chi connectivity index (χ4n) is 1.58. The molecule has 1 aliphatic rings. The van der Waals surface area contributed by atoms with E-state index in [1.165, 1.54) is 12.4 Å². The van der Waals surface area contributed by atoms with Gasteiger partial charge in [0.1, 0.15) is 6.10 Å². The number of H-pyrrole nitrogens is 1. The number of ether oxygens (including phenoxy) is 1. The number of hydrogen-bond acceptors (Lipinski definition) is 4. The third kappa shape index (κ3) is 2.11. The minimum Gasteiger partial charge on any atom is -0.473 e. The maximum atomic E-state index is 10.9. The SMILES string of the molecule is CN1CCC(Oc2cc(=O)[nH]cn2)C1. The quantitative estimate of drug-likeness (QED) is 0.713. The van der Waals surface area contributed by atoms with Crippen molar-refractivity contribution in [2.75, 3.05) is 20.1 Å². The van der Waals surface area contributed by atoms with Crippen molar-refractivity contribution in [3.05, 3.63) is 22.7 Å². The van der Waals surface area contributed by atoms with Crippen LogP contribution in [0.1, 0.15) is 6.42 Å². The number of aromatic amines is 1. The van der Waals surface area contributed by atoms with Crippen molar-refractivity contribution in [1.29, 1.82) is 0 Å². The largest absolute Gasteiger partial charge is 0.473 e. The normalized spacial score (nSPS) is 22.5. The minimum absolute atomic E-state index is 0.161. The highest BCUT2D eigenvalue weighted by molar-refractivity contribution is 5.05. The Kier molecular flexibility index (Phi) is 2.49. The zero-order valence-electron chi connectivity index (χ0n) is 8.06. The molecule has 1 aromatic heterocycles. The Morgan fingerprint density at radius 3 is 3.21 bits per heavy atom. The second-order valence-electron chi connectivity index (χ2n) is 3.54. The molecular formula is C9H13N3O2. The van der Waals surface area contributed by atoms with E-state index in [0.717, 1.165) is 19.5 Å². The van der Waals surface area contributed by atoms with Gasteiger partial charge >= 0.3 is 0 Å². The minimum atomic E-state index is -0.179. The van der Waals surface area contributed by atoms with Crippen molar-refractivity contribution >= 4 is 0 Å². The molecule has 0 radical (unpaired) electrons. The second-order valence-corrected chi connectivity index (χ2v) is 3.54. The molecule has 0 aromatic carbocycles. The summed E-state index contributed by atoms with van der Waals surface area (Å²) in [6.45, 7) is 1.93. The van der Waals surface area contributed by atoms with Crippen molar-refractivity contribution in [2.45, 2.75) is 12.5 Å². The van der Waals surface area contributed by atoms with Gasteiger partial charge in [-0.25, -0.2) is 4.98 Å². The summed E-state index contributed by atoms with van der Waals surface area (Å²) >= 11 is 0. The Balaban J connectivity index is 2.01. The van der Waals surface area contributed by atoms with Crippen LogP contribution in [0.3, 0.4) is 0 Å². The van der Waals surface area contributed by atoms with Crippen LogP contribution in [0.25, 0.3) is 0 Å². The molecule has 14 heavy (non-hydrogen) atoms. The van der Waals surface area contributed by atoms with Crippen LogP contribution >= 0.6 is 0 Å². The Bertz CT molecular complexity index is 363. The van der Waals surface area contributed by atoms with Crippen LogP contribution in [0, 0.1) is 0 Å². The molecule has 0 spiro atoms. The lowest BCUT2D eigenvalue weighted by Gasteiger charge is -2.11. The molecule has 0 saturated carbocycles. The first kappa shape index (κ1) is 9.21. The van der Waals surface area contributed by atoms with Gasteiger partial charge in [0.15, 0.2) is 0 Å². The number of nitrogens with one attached hydrogen (secondary N) is 1. The Labute approximate surface area is 81.7 Å². The average Bonchev–Trinajstić information content (AvgIpc) is 2.51. The lowest BCUT2D eigenvalue weighted by molar-refractivity contribution is 0.199. The molecule has 5 nitrogen and oxygen atoms in total. The van der Waals surface area contributed by atoms with Crippen LogP contribution in [0.15, 0.2) is 17.2 Å². The van der Waals surface area contributed by atoms with Crippen molar-refractivity contribution in [3.63, 3.8) is 0 Å². The Morgan fingerprint density at radius 2 is 2.57 bits per heavy atom. The molecule has 1 N–H and O–H groups in total. The summed E-state index contributed by atoms with van der Waals surface area (Å²) in [5.74, 6) is 0.411. The third-order valence-corrected chi connectivity index (χ3v) is 2.29. The van der Waals surface area contributed by atoms with E-state index in [9.17, 15) is 4.79 Å². The van der Waals surface area contributed by atoms with E-state index in [2.05, 4.69) is 21.9 Å². The van der Waals surface area contributed by atoms with E-state index in [-0.39, 0.29) is 11.7 Å². The molecule has 1 fully saturated rings. The fraction of sp³-hybridized carbons (Fsp3) is 0.556. The van der Waals surface area contributed by atoms with Gasteiger partial charge in [-0.05, 0) is 13.5 Å². The molecule has 5 heteroatoms. The van der Waals surface area contributed by atoms with Crippen LogP contribution in [-0.2, 0) is 0 Å². The van der Waals surface area contributed by atoms with Crippen molar-refractivity contribution in [1.82, 2.24) is 14.9 Å². The zero-order valence-corrected chi connectivity index (χ0v) is 8.06. The van der Waals surface area contributed by atoms with Gasteiger partial charge in [-0.2, -0.15) is 0 Å². The maximum absolute atomic E-state index is 10.9. The number of hydrogen-bond donors (Lipinski definition) is 1. The summed E-state index contributed by atoms with van der Waals surface area (Å²) in [5.41, 5.74) is -0.179. The van der Waals surface area contributed by atoms with Gasteiger partial charge in [0.25, 0.3) is 5.56 Å². The van der Waals surface area contributed by atoms with Crippen LogP contribution in [-0.4, -0.2) is 41.1 Å². The Hall–Kier alpha value is -1.36. The van der Waals surface area contributed by atoms with Gasteiger partial charge in [0, 0.05) is 13.1 Å². The summed E-state index contributed by atoms with van der Waals surface area (Å²) in [7, 11) is 2.05. The van der Waals surface area contributed by atoms with Gasteiger partial charge in [-0.15, -0.1) is 0 Å². The molecule has 1 aromatic rings. The molecule has 1 aliphatic heterocycles. The maximum Gasteiger partial charge on any atom is 0.254 e. The summed E-state index contributed by atoms with van der Waals surface area (Å²) in [6, 6.07) is 1.37. The van der Waals surface area contributed by atoms with Crippen LogP contribution < -0.4 is 10.3 Å². The average molecular weight is 195 g/mol. The number of likely N-dealkylation sites (tertiary alicyclic amines) is 1. The van der Waals surface area contributed by atoms with Crippen molar-refractivity contribution in [2.24, 2.45) is 0 Å². The monoisotopic (exact) mass is 195 g/mol. The van der Waals surface area contributed by atoms with Crippen LogP contribution in [0.2, 0.25) is 0 Å². The van der Waals surface area contributed by atoms with Crippen molar-refractivity contribution in [3.8, 4) is 5.88 Å². The van der Waals surface area contributed by atoms with E-state index in [1.807, 2.05) is 0 Å². The molecule has 0 aliphatic carbocycles. The number of nitrogens with zero attached hydrogens (tertiary/aromatic N) is 2. The number of rotatable bonds is 2. The van der Waals surface area contributed by atoms with Gasteiger partial charge in [0.05, 0.1) is 12.4 Å². The number of likely N-dealkylation sites (N-methyl/N-ethyl adjacent to an activating group) is 1. The standard InChI is InChI=1S/C9H13N3O2/c1-12-3-2-7(5-12)14-9-4-8(13)10-6-11-9/h4,6-7H,2-3,5H2,1H3,(H,10,11,13). The van der Waals surface area contributed by atoms with E-state index < -0.39 is 0 Å². The molecule has 1 saturated heterocycles. The molecule has 1 atom stereocenters. The highest BCUT2D eigenvalue weighted by Gasteiger charge is 2.21. The Morgan fingerprint density at radius 1 is 1.71 bits per heavy atom. The summed E-state index contributed by atoms with van der Waals surface area (Å²) in [5, 5.41) is 0. The zero-order chi connectivity index (χ0) is 9.97. The predicted molar refractivity (Wildman–Crippen MR) is 51.4 cm³/mol. The first-order chi connectivity index (χ1) is 6.74. The van der Waals surface area contributed by atoms with E-state index >= 15 is 0 Å². The van der Waals surface area contributed by atoms with E-state index in [0.29, 0.717) is 5.88 Å². The van der Waals surface area contributed by atoms with Crippen LogP contribution in [0.5, 0.6) is 5.88 Å². The second kappa shape index (κ2) is 3.79. The van der Waals surface area contributed by atoms with Gasteiger partial charge < -0.3 is 14.6 Å². The number of aromatic nitrogens is 2. The van der Waals surface area contributed by atoms with E-state index in [4.69, 9.17) is 4.74 Å².